The van der Waals surface area contributed by atoms with Crippen molar-refractivity contribution in [1.29, 1.82) is 0 Å². The molecule has 2 heteroatoms. The van der Waals surface area contributed by atoms with Crippen LogP contribution in [0, 0.1) is 0 Å². The third-order valence-corrected chi connectivity index (χ3v) is 4.49. The van der Waals surface area contributed by atoms with Crippen LogP contribution in [0.5, 0.6) is 0 Å². The molecule has 3 aromatic carbocycles. The molecule has 1 aliphatic carbocycles. The second-order valence-corrected chi connectivity index (χ2v) is 6.10. The highest BCUT2D eigenvalue weighted by molar-refractivity contribution is 6.39. The van der Waals surface area contributed by atoms with Gasteiger partial charge in [-0.05, 0) is 22.8 Å². The Morgan fingerprint density at radius 1 is 0.577 bits per heavy atom. The molecule has 0 aromatic heterocycles. The number of carbonyl (C=O) groups excluding carboxylic acids is 2. The van der Waals surface area contributed by atoms with Crippen LogP contribution in [0.15, 0.2) is 103 Å². The molecule has 0 atom stereocenters. The number of allylic oxidation sites excluding steroid dienone is 3. The fourth-order valence-electron chi connectivity index (χ4n) is 3.18. The average molecular weight is 336 g/mol. The van der Waals surface area contributed by atoms with Gasteiger partial charge in [0.1, 0.15) is 0 Å². The summed E-state index contributed by atoms with van der Waals surface area (Å²) in [6, 6.07) is 26.9. The molecule has 0 bridgehead atoms. The van der Waals surface area contributed by atoms with E-state index >= 15 is 0 Å². The lowest BCUT2D eigenvalue weighted by Gasteiger charge is -2.07. The zero-order chi connectivity index (χ0) is 17.9. The van der Waals surface area contributed by atoms with Crippen molar-refractivity contribution in [3.63, 3.8) is 0 Å². The minimum Gasteiger partial charge on any atom is -0.288 e. The summed E-state index contributed by atoms with van der Waals surface area (Å²) in [5.74, 6) is -0.412. The summed E-state index contributed by atoms with van der Waals surface area (Å²) >= 11 is 0. The molecule has 0 saturated carbocycles. The van der Waals surface area contributed by atoms with E-state index in [0.717, 1.165) is 16.7 Å². The Morgan fingerprint density at radius 3 is 1.46 bits per heavy atom. The van der Waals surface area contributed by atoms with E-state index in [4.69, 9.17) is 0 Å². The maximum atomic E-state index is 12.6. The van der Waals surface area contributed by atoms with E-state index in [9.17, 15) is 9.59 Å². The van der Waals surface area contributed by atoms with E-state index < -0.39 is 0 Å². The lowest BCUT2D eigenvalue weighted by Crippen LogP contribution is -2.00. The van der Waals surface area contributed by atoms with Gasteiger partial charge in [0.15, 0.2) is 11.6 Å². The highest BCUT2D eigenvalue weighted by atomic mass is 16.2. The van der Waals surface area contributed by atoms with Crippen LogP contribution in [-0.4, -0.2) is 11.6 Å². The Balaban J connectivity index is 1.81. The van der Waals surface area contributed by atoms with Crippen molar-refractivity contribution >= 4 is 17.1 Å². The summed E-state index contributed by atoms with van der Waals surface area (Å²) in [7, 11) is 0. The lowest BCUT2D eigenvalue weighted by molar-refractivity contribution is 0.0989. The number of ketones is 2. The van der Waals surface area contributed by atoms with Gasteiger partial charge in [-0.2, -0.15) is 0 Å². The van der Waals surface area contributed by atoms with Gasteiger partial charge in [-0.1, -0.05) is 91.0 Å². The molecule has 4 rings (SSSR count). The van der Waals surface area contributed by atoms with Crippen molar-refractivity contribution in [2.45, 2.75) is 0 Å². The maximum absolute atomic E-state index is 12.6. The van der Waals surface area contributed by atoms with E-state index in [-0.39, 0.29) is 17.1 Å². The largest absolute Gasteiger partial charge is 0.288 e. The van der Waals surface area contributed by atoms with Gasteiger partial charge in [-0.15, -0.1) is 0 Å². The first-order valence-corrected chi connectivity index (χ1v) is 8.47. The molecule has 0 fully saturated rings. The van der Waals surface area contributed by atoms with E-state index in [1.165, 1.54) is 0 Å². The molecule has 2 nitrogen and oxygen atoms in total. The van der Waals surface area contributed by atoms with Gasteiger partial charge in [0.05, 0.1) is 5.57 Å². The first-order chi connectivity index (χ1) is 12.8. The Kier molecular flexibility index (Phi) is 4.16. The van der Waals surface area contributed by atoms with E-state index in [1.54, 1.807) is 30.3 Å². The molecule has 0 spiro atoms. The number of hydrogen-bond acceptors (Lipinski definition) is 2. The Morgan fingerprint density at radius 2 is 1.00 bits per heavy atom. The zero-order valence-corrected chi connectivity index (χ0v) is 14.1. The molecule has 0 radical (unpaired) electrons. The van der Waals surface area contributed by atoms with Gasteiger partial charge in [0, 0.05) is 11.1 Å². The molecule has 0 amide bonds. The molecule has 3 aromatic rings. The van der Waals surface area contributed by atoms with E-state index in [2.05, 4.69) is 0 Å². The van der Waals surface area contributed by atoms with Gasteiger partial charge >= 0.3 is 0 Å². The first-order valence-electron chi connectivity index (χ1n) is 8.47. The van der Waals surface area contributed by atoms with Gasteiger partial charge < -0.3 is 0 Å². The maximum Gasteiger partial charge on any atom is 0.197 e. The number of fused-ring (bicyclic) bond motifs is 1. The highest BCUT2D eigenvalue weighted by Crippen LogP contribution is 2.28. The van der Waals surface area contributed by atoms with Crippen molar-refractivity contribution in [1.82, 2.24) is 0 Å². The Hall–Kier alpha value is -3.52. The molecular formula is C24H16O2. The van der Waals surface area contributed by atoms with Crippen molar-refractivity contribution < 1.29 is 9.59 Å². The van der Waals surface area contributed by atoms with Crippen LogP contribution in [-0.2, 0) is 0 Å². The standard InChI is InChI=1S/C24H16O2/c25-23-20-13-7-8-14-21(20)24(26)22(23)16-15-19(17-9-3-1-4-10-17)18-11-5-2-6-12-18/h1-16H. The predicted molar refractivity (Wildman–Crippen MR) is 103 cm³/mol. The monoisotopic (exact) mass is 336 g/mol. The van der Waals surface area contributed by atoms with Gasteiger partial charge in [-0.3, -0.25) is 9.59 Å². The van der Waals surface area contributed by atoms with Crippen molar-refractivity contribution in [2.24, 2.45) is 0 Å². The topological polar surface area (TPSA) is 34.1 Å². The summed E-state index contributed by atoms with van der Waals surface area (Å²) in [5.41, 5.74) is 4.22. The fourth-order valence-corrected chi connectivity index (χ4v) is 3.18. The zero-order valence-electron chi connectivity index (χ0n) is 14.1. The number of carbonyl (C=O) groups is 2. The normalized spacial score (nSPS) is 12.7. The SMILES string of the molecule is O=C1C(=CC=C(c2ccccc2)c2ccccc2)C(=O)c2ccccc21. The second-order valence-electron chi connectivity index (χ2n) is 6.10. The van der Waals surface area contributed by atoms with E-state index in [0.29, 0.717) is 11.1 Å². The molecule has 0 saturated heterocycles. The van der Waals surface area contributed by atoms with Crippen LogP contribution in [0.25, 0.3) is 5.57 Å². The number of benzene rings is 3. The predicted octanol–water partition coefficient (Wildman–Crippen LogP) is 5.12. The molecule has 0 unspecified atom stereocenters. The highest BCUT2D eigenvalue weighted by Gasteiger charge is 2.32. The summed E-state index contributed by atoms with van der Waals surface area (Å²) < 4.78 is 0. The number of Topliss-reactive ketones (excluding diaryl/α,β-unsaturated/α-hetero) is 2. The quantitative estimate of drug-likeness (QED) is 0.491. The summed E-state index contributed by atoms with van der Waals surface area (Å²) in [6.45, 7) is 0. The molecule has 26 heavy (non-hydrogen) atoms. The van der Waals surface area contributed by atoms with Crippen LogP contribution in [0.2, 0.25) is 0 Å². The van der Waals surface area contributed by atoms with Crippen LogP contribution in [0.3, 0.4) is 0 Å². The van der Waals surface area contributed by atoms with Crippen LogP contribution in [0.1, 0.15) is 31.8 Å². The molecule has 0 heterocycles. The molecule has 0 N–H and O–H groups in total. The Bertz CT molecular complexity index is 963. The van der Waals surface area contributed by atoms with Crippen molar-refractivity contribution in [3.05, 3.63) is 125 Å². The first kappa shape index (κ1) is 16.0. The van der Waals surface area contributed by atoms with Crippen LogP contribution >= 0.6 is 0 Å². The number of hydrogen-bond donors (Lipinski definition) is 0. The molecule has 124 valence electrons. The Labute approximate surface area is 152 Å². The van der Waals surface area contributed by atoms with Crippen molar-refractivity contribution in [3.8, 4) is 0 Å². The van der Waals surface area contributed by atoms with Gasteiger partial charge in [0.2, 0.25) is 0 Å². The third-order valence-electron chi connectivity index (χ3n) is 4.49. The third kappa shape index (κ3) is 2.82. The van der Waals surface area contributed by atoms with Crippen LogP contribution < -0.4 is 0 Å². The van der Waals surface area contributed by atoms with Gasteiger partial charge in [0.25, 0.3) is 0 Å². The minimum absolute atomic E-state index is 0.206. The van der Waals surface area contributed by atoms with E-state index in [1.807, 2.05) is 66.7 Å². The van der Waals surface area contributed by atoms with Gasteiger partial charge in [-0.25, -0.2) is 0 Å². The summed E-state index contributed by atoms with van der Waals surface area (Å²) in [5, 5.41) is 0. The second kappa shape index (κ2) is 6.77. The minimum atomic E-state index is -0.206. The fraction of sp³-hybridized carbons (Fsp3) is 0. The van der Waals surface area contributed by atoms with Crippen LogP contribution in [0.4, 0.5) is 0 Å². The smallest absolute Gasteiger partial charge is 0.197 e. The average Bonchev–Trinajstić information content (AvgIpc) is 2.95. The van der Waals surface area contributed by atoms with Crippen molar-refractivity contribution in [2.75, 3.05) is 0 Å². The summed E-state index contributed by atoms with van der Waals surface area (Å²) in [6.07, 6.45) is 3.52. The number of rotatable bonds is 3. The molecular weight excluding hydrogens is 320 g/mol. The molecule has 0 aliphatic heterocycles. The molecule has 1 aliphatic rings. The lowest BCUT2D eigenvalue weighted by atomic mass is 9.97. The summed E-state index contributed by atoms with van der Waals surface area (Å²) in [4.78, 5) is 25.1.